The lowest BCUT2D eigenvalue weighted by atomic mass is 10.1. The molecule has 1 heterocycles. The Balaban J connectivity index is 2.49. The molecule has 2 rings (SSSR count). The zero-order chi connectivity index (χ0) is 12.6. The molecule has 1 aliphatic heterocycles. The van der Waals surface area contributed by atoms with Crippen LogP contribution in [0, 0.1) is 0 Å². The molecule has 0 aromatic heterocycles. The van der Waals surface area contributed by atoms with Crippen LogP contribution in [0.25, 0.3) is 0 Å². The van der Waals surface area contributed by atoms with Gasteiger partial charge in [0.2, 0.25) is 0 Å². The SMILES string of the molecule is C=CC1(C)OC(=O)c2cc(C(C)=O)ccc2O1. The molecule has 88 valence electrons. The molecule has 0 amide bonds. The van der Waals surface area contributed by atoms with Crippen molar-refractivity contribution in [1.82, 2.24) is 0 Å². The van der Waals surface area contributed by atoms with Gasteiger partial charge in [0.05, 0.1) is 0 Å². The van der Waals surface area contributed by atoms with Crippen LogP contribution in [0.3, 0.4) is 0 Å². The molecule has 0 aliphatic carbocycles. The van der Waals surface area contributed by atoms with Crippen molar-refractivity contribution >= 4 is 11.8 Å². The monoisotopic (exact) mass is 232 g/mol. The summed E-state index contributed by atoms with van der Waals surface area (Å²) in [4.78, 5) is 23.0. The number of esters is 1. The van der Waals surface area contributed by atoms with Gasteiger partial charge in [0.1, 0.15) is 11.3 Å². The average molecular weight is 232 g/mol. The van der Waals surface area contributed by atoms with Crippen molar-refractivity contribution < 1.29 is 19.1 Å². The molecule has 0 radical (unpaired) electrons. The van der Waals surface area contributed by atoms with Crippen LogP contribution in [-0.4, -0.2) is 17.5 Å². The van der Waals surface area contributed by atoms with Crippen LogP contribution in [-0.2, 0) is 4.74 Å². The van der Waals surface area contributed by atoms with E-state index in [-0.39, 0.29) is 11.3 Å². The minimum absolute atomic E-state index is 0.113. The highest BCUT2D eigenvalue weighted by Crippen LogP contribution is 2.32. The predicted octanol–water partition coefficient (Wildman–Crippen LogP) is 2.34. The van der Waals surface area contributed by atoms with Crippen molar-refractivity contribution in [3.8, 4) is 5.75 Å². The van der Waals surface area contributed by atoms with E-state index in [1.165, 1.54) is 19.1 Å². The van der Waals surface area contributed by atoms with Crippen molar-refractivity contribution in [2.75, 3.05) is 0 Å². The number of carbonyl (C=O) groups is 2. The number of hydrogen-bond acceptors (Lipinski definition) is 4. The molecule has 1 atom stereocenters. The lowest BCUT2D eigenvalue weighted by Gasteiger charge is -2.32. The Hall–Kier alpha value is -2.10. The first-order chi connectivity index (χ1) is 7.95. The molecule has 1 aromatic rings. The molecule has 0 bridgehead atoms. The molecule has 1 unspecified atom stereocenters. The Bertz CT molecular complexity index is 518. The van der Waals surface area contributed by atoms with Gasteiger partial charge in [-0.1, -0.05) is 6.58 Å². The molecule has 1 aromatic carbocycles. The van der Waals surface area contributed by atoms with E-state index in [0.29, 0.717) is 11.3 Å². The number of rotatable bonds is 2. The van der Waals surface area contributed by atoms with Gasteiger partial charge in [-0.25, -0.2) is 4.79 Å². The minimum Gasteiger partial charge on any atom is -0.448 e. The van der Waals surface area contributed by atoms with Gasteiger partial charge in [-0.3, -0.25) is 4.79 Å². The summed E-state index contributed by atoms with van der Waals surface area (Å²) in [5.74, 6) is -1.38. The van der Waals surface area contributed by atoms with E-state index < -0.39 is 11.8 Å². The summed E-state index contributed by atoms with van der Waals surface area (Å²) in [5, 5.41) is 0. The van der Waals surface area contributed by atoms with Crippen LogP contribution in [0.15, 0.2) is 30.9 Å². The number of ketones is 1. The van der Waals surface area contributed by atoms with Gasteiger partial charge in [0, 0.05) is 12.5 Å². The topological polar surface area (TPSA) is 52.6 Å². The zero-order valence-electron chi connectivity index (χ0n) is 9.65. The molecule has 17 heavy (non-hydrogen) atoms. The Morgan fingerprint density at radius 3 is 2.71 bits per heavy atom. The quantitative estimate of drug-likeness (QED) is 0.446. The zero-order valence-corrected chi connectivity index (χ0v) is 9.65. The first-order valence-corrected chi connectivity index (χ1v) is 5.16. The van der Waals surface area contributed by atoms with Crippen LogP contribution in [0.4, 0.5) is 0 Å². The summed E-state index contributed by atoms with van der Waals surface area (Å²) in [6.45, 7) is 6.58. The number of carbonyl (C=O) groups excluding carboxylic acids is 2. The maximum absolute atomic E-state index is 11.8. The first kappa shape index (κ1) is 11.4. The number of benzene rings is 1. The minimum atomic E-state index is -1.15. The maximum atomic E-state index is 11.8. The molecule has 0 N–H and O–H groups in total. The lowest BCUT2D eigenvalue weighted by Crippen LogP contribution is -2.39. The van der Waals surface area contributed by atoms with Crippen LogP contribution < -0.4 is 4.74 Å². The molecule has 0 spiro atoms. The van der Waals surface area contributed by atoms with E-state index in [4.69, 9.17) is 9.47 Å². The normalized spacial score (nSPS) is 22.1. The molecule has 1 aliphatic rings. The van der Waals surface area contributed by atoms with Crippen LogP contribution in [0.5, 0.6) is 5.75 Å². The standard InChI is InChI=1S/C13H12O4/c1-4-13(3)16-11-6-5-9(8(2)14)7-10(11)12(15)17-13/h4-7H,1H2,2-3H3. The predicted molar refractivity (Wildman–Crippen MR) is 61.1 cm³/mol. The maximum Gasteiger partial charge on any atom is 0.345 e. The Kier molecular flexibility index (Phi) is 2.50. The molecular weight excluding hydrogens is 220 g/mol. The summed E-state index contributed by atoms with van der Waals surface area (Å²) in [5.41, 5.74) is 0.712. The van der Waals surface area contributed by atoms with Crippen LogP contribution in [0.2, 0.25) is 0 Å². The van der Waals surface area contributed by atoms with Crippen molar-refractivity contribution in [1.29, 1.82) is 0 Å². The Labute approximate surface area is 98.8 Å². The molecule has 0 saturated heterocycles. The second-order valence-electron chi connectivity index (χ2n) is 3.98. The fourth-order valence-corrected chi connectivity index (χ4v) is 1.56. The molecule has 0 saturated carbocycles. The van der Waals surface area contributed by atoms with E-state index >= 15 is 0 Å². The van der Waals surface area contributed by atoms with Gasteiger partial charge in [-0.05, 0) is 31.2 Å². The average Bonchev–Trinajstić information content (AvgIpc) is 2.28. The van der Waals surface area contributed by atoms with Gasteiger partial charge >= 0.3 is 5.97 Å². The second kappa shape index (κ2) is 3.73. The largest absolute Gasteiger partial charge is 0.448 e. The number of ether oxygens (including phenoxy) is 2. The van der Waals surface area contributed by atoms with Gasteiger partial charge in [-0.2, -0.15) is 0 Å². The number of fused-ring (bicyclic) bond motifs is 1. The number of Topliss-reactive ketones (excluding diaryl/α,β-unsaturated/α-hetero) is 1. The Morgan fingerprint density at radius 1 is 1.41 bits per heavy atom. The van der Waals surface area contributed by atoms with E-state index in [1.54, 1.807) is 19.1 Å². The van der Waals surface area contributed by atoms with Gasteiger partial charge in [-0.15, -0.1) is 0 Å². The highest BCUT2D eigenvalue weighted by Gasteiger charge is 2.35. The smallest absolute Gasteiger partial charge is 0.345 e. The van der Waals surface area contributed by atoms with E-state index in [2.05, 4.69) is 6.58 Å². The summed E-state index contributed by atoms with van der Waals surface area (Å²) in [7, 11) is 0. The van der Waals surface area contributed by atoms with Gasteiger partial charge < -0.3 is 9.47 Å². The summed E-state index contributed by atoms with van der Waals surface area (Å²) >= 11 is 0. The van der Waals surface area contributed by atoms with E-state index in [1.807, 2.05) is 0 Å². The second-order valence-corrected chi connectivity index (χ2v) is 3.98. The third-order valence-electron chi connectivity index (χ3n) is 2.58. The first-order valence-electron chi connectivity index (χ1n) is 5.16. The van der Waals surface area contributed by atoms with Crippen molar-refractivity contribution in [2.24, 2.45) is 0 Å². The van der Waals surface area contributed by atoms with Gasteiger partial charge in [0.25, 0.3) is 5.79 Å². The third-order valence-corrected chi connectivity index (χ3v) is 2.58. The van der Waals surface area contributed by atoms with Crippen LogP contribution in [0.1, 0.15) is 34.6 Å². The summed E-state index contributed by atoms with van der Waals surface area (Å²) in [6.07, 6.45) is 1.41. The summed E-state index contributed by atoms with van der Waals surface area (Å²) < 4.78 is 10.6. The lowest BCUT2D eigenvalue weighted by molar-refractivity contribution is -0.105. The van der Waals surface area contributed by atoms with Crippen molar-refractivity contribution in [2.45, 2.75) is 19.6 Å². The fourth-order valence-electron chi connectivity index (χ4n) is 1.56. The molecule has 0 fully saturated rings. The number of cyclic esters (lactones) is 1. The fraction of sp³-hybridized carbons (Fsp3) is 0.231. The highest BCUT2D eigenvalue weighted by atomic mass is 16.7. The molecular formula is C13H12O4. The molecule has 4 heteroatoms. The Morgan fingerprint density at radius 2 is 2.12 bits per heavy atom. The van der Waals surface area contributed by atoms with E-state index in [9.17, 15) is 9.59 Å². The van der Waals surface area contributed by atoms with Crippen LogP contribution >= 0.6 is 0 Å². The molecule has 4 nitrogen and oxygen atoms in total. The third kappa shape index (κ3) is 1.93. The van der Waals surface area contributed by atoms with Gasteiger partial charge in [0.15, 0.2) is 5.78 Å². The number of hydrogen-bond donors (Lipinski definition) is 0. The summed E-state index contributed by atoms with van der Waals surface area (Å²) in [6, 6.07) is 4.68. The van der Waals surface area contributed by atoms with Crippen molar-refractivity contribution in [3.05, 3.63) is 42.0 Å². The van der Waals surface area contributed by atoms with Crippen molar-refractivity contribution in [3.63, 3.8) is 0 Å². The highest BCUT2D eigenvalue weighted by molar-refractivity contribution is 5.99. The van der Waals surface area contributed by atoms with E-state index in [0.717, 1.165) is 0 Å².